The Kier molecular flexibility index (Phi) is 2.76. The highest BCUT2D eigenvalue weighted by Crippen LogP contribution is 2.07. The van der Waals surface area contributed by atoms with E-state index in [2.05, 4.69) is 11.3 Å². The summed E-state index contributed by atoms with van der Waals surface area (Å²) in [6.07, 6.45) is 2.69. The fraction of sp³-hybridized carbons (Fsp3) is 0.250. The first-order valence-electron chi connectivity index (χ1n) is 3.39. The van der Waals surface area contributed by atoms with Gasteiger partial charge < -0.3 is 9.47 Å². The van der Waals surface area contributed by atoms with Gasteiger partial charge in [0.2, 0.25) is 0 Å². The summed E-state index contributed by atoms with van der Waals surface area (Å²) >= 11 is 0. The molecule has 1 aliphatic heterocycles. The van der Waals surface area contributed by atoms with Crippen molar-refractivity contribution >= 4 is 11.9 Å². The summed E-state index contributed by atoms with van der Waals surface area (Å²) in [7, 11) is 0. The number of hydrogen-bond donors (Lipinski definition) is 0. The lowest BCUT2D eigenvalue weighted by Gasteiger charge is -1.97. The predicted octanol–water partition coefficient (Wildman–Crippen LogP) is 0.199. The van der Waals surface area contributed by atoms with Gasteiger partial charge in [0.1, 0.15) is 0 Å². The van der Waals surface area contributed by atoms with Crippen molar-refractivity contribution in [2.75, 3.05) is 13.2 Å². The van der Waals surface area contributed by atoms with Crippen LogP contribution in [0.1, 0.15) is 0 Å². The lowest BCUT2D eigenvalue weighted by molar-refractivity contribution is -0.150. The van der Waals surface area contributed by atoms with Crippen LogP contribution in [0, 0.1) is 0 Å². The molecule has 0 spiro atoms. The topological polar surface area (TPSA) is 52.6 Å². The molecule has 0 atom stereocenters. The van der Waals surface area contributed by atoms with Gasteiger partial charge in [0.05, 0.1) is 18.8 Å². The van der Waals surface area contributed by atoms with Crippen molar-refractivity contribution in [3.63, 3.8) is 0 Å². The Morgan fingerprint density at radius 2 is 2.33 bits per heavy atom. The van der Waals surface area contributed by atoms with Crippen LogP contribution < -0.4 is 0 Å². The van der Waals surface area contributed by atoms with Gasteiger partial charge in [-0.15, -0.1) is 6.58 Å². The largest absolute Gasteiger partial charge is 0.386 e. The zero-order chi connectivity index (χ0) is 8.97. The van der Waals surface area contributed by atoms with Gasteiger partial charge in [0.15, 0.2) is 0 Å². The summed E-state index contributed by atoms with van der Waals surface area (Å²) in [5, 5.41) is 0. The number of carbonyl (C=O) groups is 2. The molecular formula is C8H8O4. The number of ether oxygens (including phenoxy) is 2. The fourth-order valence-corrected chi connectivity index (χ4v) is 0.740. The van der Waals surface area contributed by atoms with Gasteiger partial charge in [0, 0.05) is 6.08 Å². The first kappa shape index (κ1) is 8.67. The van der Waals surface area contributed by atoms with Gasteiger partial charge >= 0.3 is 11.9 Å². The summed E-state index contributed by atoms with van der Waals surface area (Å²) in [5.41, 5.74) is 0.252. The average Bonchev–Trinajstić information content (AvgIpc) is 2.31. The molecule has 0 bridgehead atoms. The Labute approximate surface area is 69.5 Å². The van der Waals surface area contributed by atoms with E-state index in [1.54, 1.807) is 6.08 Å². The van der Waals surface area contributed by atoms with Crippen LogP contribution in [0.3, 0.4) is 0 Å². The Balaban J connectivity index is 2.41. The average molecular weight is 168 g/mol. The van der Waals surface area contributed by atoms with E-state index in [9.17, 15) is 9.59 Å². The molecule has 0 fully saturated rings. The van der Waals surface area contributed by atoms with Crippen LogP contribution in [0.5, 0.6) is 0 Å². The summed E-state index contributed by atoms with van der Waals surface area (Å²) in [4.78, 5) is 21.3. The normalized spacial score (nSPS) is 15.8. The third kappa shape index (κ3) is 2.03. The molecule has 0 aromatic rings. The molecule has 0 aromatic heterocycles. The highest BCUT2D eigenvalue weighted by Gasteiger charge is 2.22. The van der Waals surface area contributed by atoms with E-state index in [0.717, 1.165) is 6.08 Å². The smallest absolute Gasteiger partial charge is 0.344 e. The minimum Gasteiger partial charge on any atom is -0.386 e. The van der Waals surface area contributed by atoms with Crippen molar-refractivity contribution in [1.82, 2.24) is 0 Å². The molecule has 0 radical (unpaired) electrons. The maximum absolute atomic E-state index is 10.8. The number of hydrogen-bond acceptors (Lipinski definition) is 4. The zero-order valence-corrected chi connectivity index (χ0v) is 6.41. The van der Waals surface area contributed by atoms with Crippen LogP contribution in [0.4, 0.5) is 0 Å². The molecule has 0 N–H and O–H groups in total. The number of carbonyl (C=O) groups excluding carboxylic acids is 2. The Morgan fingerprint density at radius 1 is 1.58 bits per heavy atom. The molecule has 0 unspecified atom stereocenters. The minimum atomic E-state index is -0.628. The van der Waals surface area contributed by atoms with Crippen LogP contribution in [0.15, 0.2) is 24.3 Å². The molecule has 0 aromatic carbocycles. The lowest BCUT2D eigenvalue weighted by Crippen LogP contribution is -2.06. The van der Waals surface area contributed by atoms with Crippen LogP contribution >= 0.6 is 0 Å². The van der Waals surface area contributed by atoms with Crippen LogP contribution in [-0.4, -0.2) is 25.2 Å². The molecule has 64 valence electrons. The fourth-order valence-electron chi connectivity index (χ4n) is 0.740. The quantitative estimate of drug-likeness (QED) is 0.260. The van der Waals surface area contributed by atoms with Crippen molar-refractivity contribution in [1.29, 1.82) is 0 Å². The van der Waals surface area contributed by atoms with E-state index in [1.165, 1.54) is 0 Å². The van der Waals surface area contributed by atoms with Crippen molar-refractivity contribution in [2.45, 2.75) is 0 Å². The number of rotatable bonds is 4. The van der Waals surface area contributed by atoms with Gasteiger partial charge in [-0.05, 0) is 0 Å². The minimum absolute atomic E-state index is 0.0938. The second-order valence-electron chi connectivity index (χ2n) is 2.18. The van der Waals surface area contributed by atoms with Crippen LogP contribution in [0.25, 0.3) is 0 Å². The van der Waals surface area contributed by atoms with Crippen molar-refractivity contribution in [3.05, 3.63) is 24.3 Å². The van der Waals surface area contributed by atoms with E-state index in [0.29, 0.717) is 6.61 Å². The van der Waals surface area contributed by atoms with Gasteiger partial charge in [-0.25, -0.2) is 9.59 Å². The van der Waals surface area contributed by atoms with E-state index in [-0.39, 0.29) is 12.2 Å². The molecule has 1 heterocycles. The summed E-state index contributed by atoms with van der Waals surface area (Å²) in [6, 6.07) is 0. The second kappa shape index (κ2) is 3.82. The molecule has 1 aliphatic rings. The monoisotopic (exact) mass is 168 g/mol. The Hall–Kier alpha value is -1.42. The third-order valence-corrected chi connectivity index (χ3v) is 1.24. The van der Waals surface area contributed by atoms with Crippen LogP contribution in [-0.2, 0) is 19.1 Å². The predicted molar refractivity (Wildman–Crippen MR) is 40.2 cm³/mol. The first-order chi connectivity index (χ1) is 5.74. The highest BCUT2D eigenvalue weighted by molar-refractivity contribution is 6.08. The van der Waals surface area contributed by atoms with Crippen molar-refractivity contribution < 1.29 is 19.1 Å². The maximum atomic E-state index is 10.8. The standard InChI is InChI=1S/C8H8O4/c1-2-3-11-5-6-4-7(9)12-8(6)10/h2,4H,1,3,5H2. The van der Waals surface area contributed by atoms with Crippen molar-refractivity contribution in [2.24, 2.45) is 0 Å². The SMILES string of the molecule is C=CCOCC1=CC(=O)OC1=O. The van der Waals surface area contributed by atoms with Gasteiger partial charge in [0.25, 0.3) is 0 Å². The van der Waals surface area contributed by atoms with Gasteiger partial charge in [-0.3, -0.25) is 0 Å². The molecule has 4 heteroatoms. The lowest BCUT2D eigenvalue weighted by atomic mass is 10.3. The summed E-state index contributed by atoms with van der Waals surface area (Å²) in [5.74, 6) is -1.25. The molecule has 12 heavy (non-hydrogen) atoms. The summed E-state index contributed by atoms with van der Waals surface area (Å²) in [6.45, 7) is 3.87. The Bertz CT molecular complexity index is 252. The van der Waals surface area contributed by atoms with E-state index in [4.69, 9.17) is 4.74 Å². The van der Waals surface area contributed by atoms with Crippen LogP contribution in [0.2, 0.25) is 0 Å². The third-order valence-electron chi connectivity index (χ3n) is 1.24. The molecule has 0 amide bonds. The van der Waals surface area contributed by atoms with Gasteiger partial charge in [-0.1, -0.05) is 6.08 Å². The van der Waals surface area contributed by atoms with E-state index in [1.807, 2.05) is 0 Å². The number of esters is 2. The molecule has 4 nitrogen and oxygen atoms in total. The van der Waals surface area contributed by atoms with Gasteiger partial charge in [-0.2, -0.15) is 0 Å². The highest BCUT2D eigenvalue weighted by atomic mass is 16.6. The molecule has 1 rings (SSSR count). The van der Waals surface area contributed by atoms with E-state index >= 15 is 0 Å². The van der Waals surface area contributed by atoms with Crippen molar-refractivity contribution in [3.8, 4) is 0 Å². The van der Waals surface area contributed by atoms with E-state index < -0.39 is 11.9 Å². The first-order valence-corrected chi connectivity index (χ1v) is 3.39. The molecule has 0 aliphatic carbocycles. The number of cyclic esters (lactones) is 2. The maximum Gasteiger partial charge on any atom is 0.344 e. The Morgan fingerprint density at radius 3 is 2.83 bits per heavy atom. The second-order valence-corrected chi connectivity index (χ2v) is 2.18. The zero-order valence-electron chi connectivity index (χ0n) is 6.41. The molecular weight excluding hydrogens is 160 g/mol. The molecule has 0 saturated heterocycles. The summed E-state index contributed by atoms with van der Waals surface area (Å²) < 4.78 is 9.17. The molecule has 0 saturated carbocycles.